The molecule has 29 heavy (non-hydrogen) atoms. The van der Waals surface area contributed by atoms with E-state index in [2.05, 4.69) is 0 Å². The van der Waals surface area contributed by atoms with Crippen molar-refractivity contribution in [2.75, 3.05) is 0 Å². The van der Waals surface area contributed by atoms with Gasteiger partial charge in [0.15, 0.2) is 23.3 Å². The third-order valence-electron chi connectivity index (χ3n) is 4.85. The van der Waals surface area contributed by atoms with Crippen molar-refractivity contribution in [1.82, 2.24) is 0 Å². The molecule has 0 radical (unpaired) electrons. The molecule has 0 spiro atoms. The van der Waals surface area contributed by atoms with Crippen molar-refractivity contribution in [2.24, 2.45) is 0 Å². The molecule has 0 atom stereocenters. The van der Waals surface area contributed by atoms with Crippen LogP contribution in [0.3, 0.4) is 0 Å². The van der Waals surface area contributed by atoms with Crippen LogP contribution >= 0.6 is 0 Å². The maximum atomic E-state index is 14.9. The molecule has 0 amide bonds. The van der Waals surface area contributed by atoms with Gasteiger partial charge in [-0.1, -0.05) is 84.9 Å². The Labute approximate surface area is 165 Å². The Hall–Kier alpha value is -3.40. The zero-order valence-corrected chi connectivity index (χ0v) is 15.3. The summed E-state index contributed by atoms with van der Waals surface area (Å²) in [7, 11) is 0. The van der Waals surface area contributed by atoms with E-state index in [9.17, 15) is 17.6 Å². The fraction of sp³-hybridized carbons (Fsp3) is 0.0400. The molecule has 0 saturated carbocycles. The van der Waals surface area contributed by atoms with Gasteiger partial charge in [0.1, 0.15) is 0 Å². The normalized spacial score (nSPS) is 11.4. The number of hydrogen-bond donors (Lipinski definition) is 0. The highest BCUT2D eigenvalue weighted by Crippen LogP contribution is 2.36. The van der Waals surface area contributed by atoms with E-state index in [1.807, 2.05) is 30.3 Å². The second-order valence-electron chi connectivity index (χ2n) is 6.65. The van der Waals surface area contributed by atoms with Gasteiger partial charge in [0, 0.05) is 5.56 Å². The predicted molar refractivity (Wildman–Crippen MR) is 108 cm³/mol. The smallest absolute Gasteiger partial charge is 0.170 e. The standard InChI is InChI=1S/C25H16F4/c26-22-20(15-6-10-16-8-2-1-3-9-16)23(27)25(29)21(24(22)28)19-14-7-12-17-11-4-5-13-18(17)19/h1-14H,15H2. The summed E-state index contributed by atoms with van der Waals surface area (Å²) in [6.45, 7) is 0. The van der Waals surface area contributed by atoms with Gasteiger partial charge in [0.05, 0.1) is 5.56 Å². The third-order valence-corrected chi connectivity index (χ3v) is 4.85. The topological polar surface area (TPSA) is 0 Å². The van der Waals surface area contributed by atoms with Crippen LogP contribution in [0, 0.1) is 23.3 Å². The molecule has 4 aromatic rings. The molecule has 0 fully saturated rings. The predicted octanol–water partition coefficient (Wildman–Crippen LogP) is 7.32. The summed E-state index contributed by atoms with van der Waals surface area (Å²) in [6.07, 6.45) is 2.86. The van der Waals surface area contributed by atoms with Crippen LogP contribution in [-0.2, 0) is 6.42 Å². The van der Waals surface area contributed by atoms with E-state index in [-0.39, 0.29) is 12.0 Å². The summed E-state index contributed by atoms with van der Waals surface area (Å²) >= 11 is 0. The van der Waals surface area contributed by atoms with Crippen LogP contribution in [0.1, 0.15) is 11.1 Å². The molecular formula is C25H16F4. The molecule has 0 saturated heterocycles. The summed E-state index contributed by atoms with van der Waals surface area (Å²) in [4.78, 5) is 0. The van der Waals surface area contributed by atoms with E-state index in [1.54, 1.807) is 42.5 Å². The van der Waals surface area contributed by atoms with E-state index >= 15 is 0 Å². The summed E-state index contributed by atoms with van der Waals surface area (Å²) in [5, 5.41) is 1.24. The molecule has 4 heteroatoms. The molecule has 0 bridgehead atoms. The lowest BCUT2D eigenvalue weighted by atomic mass is 9.95. The fourth-order valence-electron chi connectivity index (χ4n) is 3.41. The van der Waals surface area contributed by atoms with E-state index in [1.165, 1.54) is 12.1 Å². The molecule has 0 aromatic heterocycles. The molecule has 4 aromatic carbocycles. The Bertz CT molecular complexity index is 1180. The fourth-order valence-corrected chi connectivity index (χ4v) is 3.41. The monoisotopic (exact) mass is 392 g/mol. The zero-order valence-electron chi connectivity index (χ0n) is 15.3. The Morgan fingerprint density at radius 3 is 1.97 bits per heavy atom. The van der Waals surface area contributed by atoms with Gasteiger partial charge in [-0.15, -0.1) is 0 Å². The van der Waals surface area contributed by atoms with E-state index < -0.39 is 34.4 Å². The maximum absolute atomic E-state index is 14.9. The van der Waals surface area contributed by atoms with Crippen LogP contribution in [0.2, 0.25) is 0 Å². The quantitative estimate of drug-likeness (QED) is 0.252. The highest BCUT2D eigenvalue weighted by Gasteiger charge is 2.26. The maximum Gasteiger partial charge on any atom is 0.170 e. The minimum atomic E-state index is -1.39. The first-order chi connectivity index (χ1) is 14.1. The first-order valence-corrected chi connectivity index (χ1v) is 9.12. The minimum absolute atomic E-state index is 0.113. The Morgan fingerprint density at radius 2 is 1.24 bits per heavy atom. The van der Waals surface area contributed by atoms with Crippen LogP contribution < -0.4 is 0 Å². The lowest BCUT2D eigenvalue weighted by Gasteiger charge is -2.13. The van der Waals surface area contributed by atoms with E-state index in [0.29, 0.717) is 5.39 Å². The number of benzene rings is 4. The lowest BCUT2D eigenvalue weighted by molar-refractivity contribution is 0.446. The number of halogens is 4. The van der Waals surface area contributed by atoms with Crippen molar-refractivity contribution in [2.45, 2.75) is 6.42 Å². The molecule has 0 aliphatic carbocycles. The minimum Gasteiger partial charge on any atom is -0.203 e. The van der Waals surface area contributed by atoms with Gasteiger partial charge in [0.2, 0.25) is 0 Å². The second-order valence-corrected chi connectivity index (χ2v) is 6.65. The van der Waals surface area contributed by atoms with Gasteiger partial charge in [0.25, 0.3) is 0 Å². The van der Waals surface area contributed by atoms with E-state index in [4.69, 9.17) is 0 Å². The first-order valence-electron chi connectivity index (χ1n) is 9.12. The van der Waals surface area contributed by atoms with Gasteiger partial charge < -0.3 is 0 Å². The number of rotatable bonds is 4. The molecule has 144 valence electrons. The highest BCUT2D eigenvalue weighted by molar-refractivity contribution is 5.96. The molecule has 0 aliphatic rings. The second kappa shape index (κ2) is 7.92. The van der Waals surface area contributed by atoms with Crippen molar-refractivity contribution < 1.29 is 17.6 Å². The van der Waals surface area contributed by atoms with Crippen molar-refractivity contribution in [3.8, 4) is 11.1 Å². The average molecular weight is 392 g/mol. The summed E-state index contributed by atoms with van der Waals surface area (Å²) in [5.74, 6) is -5.51. The number of fused-ring (bicyclic) bond motifs is 1. The van der Waals surface area contributed by atoms with E-state index in [0.717, 1.165) is 10.9 Å². The van der Waals surface area contributed by atoms with Crippen LogP contribution in [0.4, 0.5) is 17.6 Å². The molecule has 0 heterocycles. The molecule has 0 N–H and O–H groups in total. The third kappa shape index (κ3) is 3.54. The molecule has 4 rings (SSSR count). The number of allylic oxidation sites excluding steroid dienone is 1. The van der Waals surface area contributed by atoms with Crippen LogP contribution in [0.5, 0.6) is 0 Å². The Kier molecular flexibility index (Phi) is 5.17. The van der Waals surface area contributed by atoms with Gasteiger partial charge >= 0.3 is 0 Å². The molecule has 0 nitrogen and oxygen atoms in total. The molecule has 0 unspecified atom stereocenters. The summed E-state index contributed by atoms with van der Waals surface area (Å²) < 4.78 is 59.1. The van der Waals surface area contributed by atoms with Crippen molar-refractivity contribution >= 4 is 16.8 Å². The van der Waals surface area contributed by atoms with Crippen molar-refractivity contribution in [3.05, 3.63) is 113 Å². The van der Waals surface area contributed by atoms with Crippen molar-refractivity contribution in [3.63, 3.8) is 0 Å². The van der Waals surface area contributed by atoms with Crippen LogP contribution in [-0.4, -0.2) is 0 Å². The summed E-state index contributed by atoms with van der Waals surface area (Å²) in [5.41, 5.74) is -0.382. The van der Waals surface area contributed by atoms with Gasteiger partial charge in [-0.3, -0.25) is 0 Å². The zero-order chi connectivity index (χ0) is 20.4. The average Bonchev–Trinajstić information content (AvgIpc) is 2.76. The highest BCUT2D eigenvalue weighted by atomic mass is 19.2. The van der Waals surface area contributed by atoms with Crippen LogP contribution in [0.15, 0.2) is 78.9 Å². The molecular weight excluding hydrogens is 376 g/mol. The van der Waals surface area contributed by atoms with Crippen LogP contribution in [0.25, 0.3) is 28.0 Å². The number of hydrogen-bond acceptors (Lipinski definition) is 0. The van der Waals surface area contributed by atoms with Gasteiger partial charge in [-0.05, 0) is 28.3 Å². The van der Waals surface area contributed by atoms with Gasteiger partial charge in [-0.2, -0.15) is 0 Å². The SMILES string of the molecule is Fc1c(F)c(-c2cccc3ccccc23)c(F)c(F)c1CC=Cc1ccccc1. The van der Waals surface area contributed by atoms with Gasteiger partial charge in [-0.25, -0.2) is 17.6 Å². The Balaban J connectivity index is 1.79. The lowest BCUT2D eigenvalue weighted by Crippen LogP contribution is -2.06. The Morgan fingerprint density at radius 1 is 0.621 bits per heavy atom. The first kappa shape index (κ1) is 18.9. The summed E-state index contributed by atoms with van der Waals surface area (Å²) in [6, 6.07) is 20.8. The molecule has 0 aliphatic heterocycles. The van der Waals surface area contributed by atoms with Crippen molar-refractivity contribution in [1.29, 1.82) is 0 Å². The largest absolute Gasteiger partial charge is 0.203 e.